The van der Waals surface area contributed by atoms with Gasteiger partial charge >= 0.3 is 0 Å². The van der Waals surface area contributed by atoms with Gasteiger partial charge in [0.25, 0.3) is 0 Å². The second kappa shape index (κ2) is 7.70. The molecule has 0 spiro atoms. The summed E-state index contributed by atoms with van der Waals surface area (Å²) >= 11 is 11.8. The number of carbonyl (C=O) groups excluding carboxylic acids is 1. The molecule has 1 aromatic carbocycles. The predicted octanol–water partition coefficient (Wildman–Crippen LogP) is 2.05. The molecule has 1 aliphatic rings. The van der Waals surface area contributed by atoms with E-state index in [1.807, 2.05) is 0 Å². The van der Waals surface area contributed by atoms with Crippen LogP contribution in [0.3, 0.4) is 0 Å². The van der Waals surface area contributed by atoms with Crippen molar-refractivity contribution < 1.29 is 17.9 Å². The number of amides is 1. The fraction of sp³-hybridized carbons (Fsp3) is 0.500. The Bertz CT molecular complexity index is 675. The lowest BCUT2D eigenvalue weighted by molar-refractivity contribution is -0.120. The van der Waals surface area contributed by atoms with Crippen LogP contribution in [0.1, 0.15) is 12.8 Å². The van der Waals surface area contributed by atoms with E-state index in [0.29, 0.717) is 18.2 Å². The van der Waals surface area contributed by atoms with Crippen LogP contribution >= 0.6 is 23.2 Å². The molecule has 0 aliphatic carbocycles. The number of anilines is 1. The Labute approximate surface area is 145 Å². The van der Waals surface area contributed by atoms with Crippen molar-refractivity contribution in [2.75, 3.05) is 30.3 Å². The second-order valence-electron chi connectivity index (χ2n) is 5.31. The van der Waals surface area contributed by atoms with Gasteiger partial charge in [-0.15, -0.1) is 0 Å². The number of sulfonamides is 1. The van der Waals surface area contributed by atoms with Gasteiger partial charge in [0.15, 0.2) is 0 Å². The molecule has 6 nitrogen and oxygen atoms in total. The maximum atomic E-state index is 12.1. The normalized spacial score (nSPS) is 18.0. The molecular weight excluding hydrogens is 363 g/mol. The van der Waals surface area contributed by atoms with Gasteiger partial charge in [-0.05, 0) is 31.0 Å². The Morgan fingerprint density at radius 1 is 1.39 bits per heavy atom. The summed E-state index contributed by atoms with van der Waals surface area (Å²) in [5.41, 5.74) is 0.286. The fourth-order valence-electron chi connectivity index (χ4n) is 2.26. The minimum Gasteiger partial charge on any atom is -0.376 e. The number of rotatable bonds is 6. The monoisotopic (exact) mass is 380 g/mol. The summed E-state index contributed by atoms with van der Waals surface area (Å²) < 4.78 is 30.3. The zero-order chi connectivity index (χ0) is 17.0. The summed E-state index contributed by atoms with van der Waals surface area (Å²) in [5.74, 6) is -0.406. The molecule has 1 heterocycles. The molecule has 1 N–H and O–H groups in total. The zero-order valence-electron chi connectivity index (χ0n) is 12.6. The van der Waals surface area contributed by atoms with Gasteiger partial charge in [-0.1, -0.05) is 23.2 Å². The molecule has 1 aromatic rings. The van der Waals surface area contributed by atoms with Gasteiger partial charge in [0.1, 0.15) is 6.54 Å². The summed E-state index contributed by atoms with van der Waals surface area (Å²) in [6, 6.07) is 4.41. The van der Waals surface area contributed by atoms with Crippen LogP contribution in [0.5, 0.6) is 0 Å². The van der Waals surface area contributed by atoms with Crippen LogP contribution < -0.4 is 9.62 Å². The topological polar surface area (TPSA) is 75.7 Å². The molecule has 0 unspecified atom stereocenters. The summed E-state index contributed by atoms with van der Waals surface area (Å²) in [5, 5.41) is 3.23. The quantitative estimate of drug-likeness (QED) is 0.819. The second-order valence-corrected chi connectivity index (χ2v) is 8.03. The largest absolute Gasteiger partial charge is 0.376 e. The molecule has 128 valence electrons. The fourth-order valence-corrected chi connectivity index (χ4v) is 3.40. The van der Waals surface area contributed by atoms with Gasteiger partial charge in [0.05, 0.1) is 28.1 Å². The Hall–Kier alpha value is -1.02. The van der Waals surface area contributed by atoms with Gasteiger partial charge in [-0.2, -0.15) is 0 Å². The molecule has 9 heteroatoms. The van der Waals surface area contributed by atoms with Crippen LogP contribution in [-0.2, 0) is 19.6 Å². The Morgan fingerprint density at radius 2 is 2.13 bits per heavy atom. The lowest BCUT2D eigenvalue weighted by Gasteiger charge is -2.22. The average molecular weight is 381 g/mol. The van der Waals surface area contributed by atoms with Crippen molar-refractivity contribution in [1.29, 1.82) is 0 Å². The number of halogens is 2. The first kappa shape index (κ1) is 18.3. The summed E-state index contributed by atoms with van der Waals surface area (Å²) in [7, 11) is -3.64. The Kier molecular flexibility index (Phi) is 6.13. The van der Waals surface area contributed by atoms with E-state index in [1.165, 1.54) is 18.2 Å². The number of hydrogen-bond donors (Lipinski definition) is 1. The third kappa shape index (κ3) is 5.24. The maximum absolute atomic E-state index is 12.1. The van der Waals surface area contributed by atoms with Crippen LogP contribution in [0.15, 0.2) is 18.2 Å². The highest BCUT2D eigenvalue weighted by atomic mass is 35.5. The van der Waals surface area contributed by atoms with E-state index in [0.717, 1.165) is 23.4 Å². The van der Waals surface area contributed by atoms with Crippen LogP contribution in [0, 0.1) is 0 Å². The Balaban J connectivity index is 2.06. The third-order valence-corrected chi connectivity index (χ3v) is 5.31. The number of nitrogens with zero attached hydrogens (tertiary/aromatic N) is 1. The SMILES string of the molecule is CS(=O)(=O)N(CC(=O)NC[C@@H]1CCCO1)c1ccc(Cl)c(Cl)c1. The molecule has 2 rings (SSSR count). The van der Waals surface area contributed by atoms with E-state index < -0.39 is 15.9 Å². The van der Waals surface area contributed by atoms with Crippen molar-refractivity contribution in [3.05, 3.63) is 28.2 Å². The molecule has 1 amide bonds. The zero-order valence-corrected chi connectivity index (χ0v) is 14.9. The first-order chi connectivity index (χ1) is 10.8. The van der Waals surface area contributed by atoms with Crippen LogP contribution in [0.2, 0.25) is 10.0 Å². The summed E-state index contributed by atoms with van der Waals surface area (Å²) in [6.07, 6.45) is 2.89. The van der Waals surface area contributed by atoms with Gasteiger partial charge < -0.3 is 10.1 Å². The van der Waals surface area contributed by atoms with Crippen LogP contribution in [-0.4, -0.2) is 46.4 Å². The van der Waals surface area contributed by atoms with Gasteiger partial charge in [-0.3, -0.25) is 9.10 Å². The smallest absolute Gasteiger partial charge is 0.240 e. The lowest BCUT2D eigenvalue weighted by Crippen LogP contribution is -2.42. The third-order valence-electron chi connectivity index (χ3n) is 3.43. The summed E-state index contributed by atoms with van der Waals surface area (Å²) in [4.78, 5) is 12.1. The number of ether oxygens (including phenoxy) is 1. The highest BCUT2D eigenvalue weighted by Gasteiger charge is 2.22. The minimum absolute atomic E-state index is 0.00406. The first-order valence-electron chi connectivity index (χ1n) is 7.08. The molecule has 0 saturated carbocycles. The van der Waals surface area contributed by atoms with E-state index in [4.69, 9.17) is 27.9 Å². The van der Waals surface area contributed by atoms with Crippen molar-refractivity contribution in [3.63, 3.8) is 0 Å². The minimum atomic E-state index is -3.64. The van der Waals surface area contributed by atoms with E-state index >= 15 is 0 Å². The van der Waals surface area contributed by atoms with Crippen molar-refractivity contribution >= 4 is 44.8 Å². The molecule has 0 radical (unpaired) electrons. The van der Waals surface area contributed by atoms with Crippen molar-refractivity contribution in [2.24, 2.45) is 0 Å². The molecule has 0 bridgehead atoms. The number of benzene rings is 1. The molecule has 1 aliphatic heterocycles. The van der Waals surface area contributed by atoms with Crippen molar-refractivity contribution in [1.82, 2.24) is 5.32 Å². The molecule has 1 atom stereocenters. The maximum Gasteiger partial charge on any atom is 0.240 e. The summed E-state index contributed by atoms with van der Waals surface area (Å²) in [6.45, 7) is 0.737. The van der Waals surface area contributed by atoms with E-state index in [-0.39, 0.29) is 23.4 Å². The molecular formula is C14H18Cl2N2O4S. The molecule has 23 heavy (non-hydrogen) atoms. The lowest BCUT2D eigenvalue weighted by atomic mass is 10.2. The standard InChI is InChI=1S/C14H18Cl2N2O4S/c1-23(20,21)18(10-4-5-12(15)13(16)7-10)9-14(19)17-8-11-3-2-6-22-11/h4-5,7,11H,2-3,6,8-9H2,1H3,(H,17,19)/t11-/m0/s1. The molecule has 1 saturated heterocycles. The average Bonchev–Trinajstić information content (AvgIpc) is 2.98. The highest BCUT2D eigenvalue weighted by Crippen LogP contribution is 2.28. The Morgan fingerprint density at radius 3 is 2.70 bits per heavy atom. The number of nitrogens with one attached hydrogen (secondary N) is 1. The van der Waals surface area contributed by atoms with E-state index in [1.54, 1.807) is 0 Å². The van der Waals surface area contributed by atoms with Crippen molar-refractivity contribution in [2.45, 2.75) is 18.9 Å². The van der Waals surface area contributed by atoms with Crippen molar-refractivity contribution in [3.8, 4) is 0 Å². The van der Waals surface area contributed by atoms with Gasteiger partial charge in [0, 0.05) is 13.2 Å². The van der Waals surface area contributed by atoms with Crippen LogP contribution in [0.4, 0.5) is 5.69 Å². The first-order valence-corrected chi connectivity index (χ1v) is 9.69. The van der Waals surface area contributed by atoms with Gasteiger partial charge in [0.2, 0.25) is 15.9 Å². The molecule has 0 aromatic heterocycles. The van der Waals surface area contributed by atoms with E-state index in [9.17, 15) is 13.2 Å². The van der Waals surface area contributed by atoms with E-state index in [2.05, 4.69) is 5.32 Å². The number of carbonyl (C=O) groups is 1. The van der Waals surface area contributed by atoms with Gasteiger partial charge in [-0.25, -0.2) is 8.42 Å². The van der Waals surface area contributed by atoms with Crippen LogP contribution in [0.25, 0.3) is 0 Å². The highest BCUT2D eigenvalue weighted by molar-refractivity contribution is 7.92. The molecule has 1 fully saturated rings. The predicted molar refractivity (Wildman–Crippen MR) is 90.6 cm³/mol. The number of hydrogen-bond acceptors (Lipinski definition) is 4.